The molecule has 1 aromatic carbocycles. The zero-order valence-electron chi connectivity index (χ0n) is 13.5. The standard InChI is InChI=1S/C17H18N2O4S/c1-18(11-13-3-5-15(24-2)6-4-13)16(20)12-23-17(21)14-7-9-19(22)10-8-14/h3-10H,11-12H2,1-2H3. The van der Waals surface area contributed by atoms with Gasteiger partial charge in [-0.3, -0.25) is 4.79 Å². The third kappa shape index (κ3) is 4.99. The van der Waals surface area contributed by atoms with Crippen LogP contribution in [0, 0.1) is 5.21 Å². The fourth-order valence-corrected chi connectivity index (χ4v) is 2.37. The van der Waals surface area contributed by atoms with Crippen LogP contribution in [0.25, 0.3) is 0 Å². The van der Waals surface area contributed by atoms with Crippen molar-refractivity contribution in [3.05, 3.63) is 65.1 Å². The van der Waals surface area contributed by atoms with Crippen molar-refractivity contribution in [3.63, 3.8) is 0 Å². The van der Waals surface area contributed by atoms with E-state index in [9.17, 15) is 14.8 Å². The summed E-state index contributed by atoms with van der Waals surface area (Å²) in [7, 11) is 1.65. The van der Waals surface area contributed by atoms with E-state index in [0.29, 0.717) is 11.3 Å². The van der Waals surface area contributed by atoms with Crippen LogP contribution in [-0.4, -0.2) is 36.7 Å². The average Bonchev–Trinajstić information content (AvgIpc) is 2.60. The number of benzene rings is 1. The second kappa shape index (κ2) is 8.35. The van der Waals surface area contributed by atoms with Gasteiger partial charge in [0.1, 0.15) is 0 Å². The van der Waals surface area contributed by atoms with Crippen LogP contribution in [0.3, 0.4) is 0 Å². The van der Waals surface area contributed by atoms with Gasteiger partial charge in [-0.05, 0) is 24.0 Å². The molecule has 0 bridgehead atoms. The first-order valence-electron chi connectivity index (χ1n) is 7.22. The highest BCUT2D eigenvalue weighted by Gasteiger charge is 2.14. The van der Waals surface area contributed by atoms with Crippen LogP contribution in [0.2, 0.25) is 0 Å². The molecule has 6 nitrogen and oxygen atoms in total. The number of pyridine rings is 1. The van der Waals surface area contributed by atoms with Crippen molar-refractivity contribution in [1.82, 2.24) is 4.90 Å². The van der Waals surface area contributed by atoms with Gasteiger partial charge in [0.2, 0.25) is 0 Å². The molecule has 0 saturated carbocycles. The zero-order chi connectivity index (χ0) is 17.5. The van der Waals surface area contributed by atoms with Gasteiger partial charge in [0.15, 0.2) is 19.0 Å². The number of hydrogen-bond acceptors (Lipinski definition) is 5. The van der Waals surface area contributed by atoms with Gasteiger partial charge in [-0.2, -0.15) is 4.73 Å². The van der Waals surface area contributed by atoms with Crippen LogP contribution in [0.1, 0.15) is 15.9 Å². The van der Waals surface area contributed by atoms with E-state index in [4.69, 9.17) is 4.74 Å². The molecule has 1 aromatic heterocycles. The Kier molecular flexibility index (Phi) is 6.20. The summed E-state index contributed by atoms with van der Waals surface area (Å²) in [5.41, 5.74) is 1.23. The highest BCUT2D eigenvalue weighted by Crippen LogP contribution is 2.15. The van der Waals surface area contributed by atoms with Gasteiger partial charge in [0.25, 0.3) is 5.91 Å². The molecule has 0 aliphatic heterocycles. The summed E-state index contributed by atoms with van der Waals surface area (Å²) in [5.74, 6) is -0.936. The minimum atomic E-state index is -0.637. The Hall–Kier alpha value is -2.54. The maximum absolute atomic E-state index is 12.1. The molecule has 0 spiro atoms. The number of carbonyl (C=O) groups excluding carboxylic acids is 2. The van der Waals surface area contributed by atoms with Crippen molar-refractivity contribution >= 4 is 23.6 Å². The van der Waals surface area contributed by atoms with Crippen LogP contribution in [0.15, 0.2) is 53.7 Å². The molecule has 24 heavy (non-hydrogen) atoms. The minimum Gasteiger partial charge on any atom is -0.619 e. The topological polar surface area (TPSA) is 73.5 Å². The molecule has 0 N–H and O–H groups in total. The van der Waals surface area contributed by atoms with Crippen LogP contribution >= 0.6 is 11.8 Å². The number of aromatic nitrogens is 1. The Bertz CT molecular complexity index is 702. The first-order valence-corrected chi connectivity index (χ1v) is 8.45. The van der Waals surface area contributed by atoms with E-state index in [1.54, 1.807) is 18.8 Å². The number of amides is 1. The fraction of sp³-hybridized carbons (Fsp3) is 0.235. The molecule has 126 valence electrons. The predicted octanol–water partition coefficient (Wildman–Crippen LogP) is 1.86. The molecule has 0 radical (unpaired) electrons. The maximum Gasteiger partial charge on any atom is 0.339 e. The van der Waals surface area contributed by atoms with Crippen molar-refractivity contribution in [2.24, 2.45) is 0 Å². The first-order chi connectivity index (χ1) is 11.5. The number of likely N-dealkylation sites (N-methyl/N-ethyl adjacent to an activating group) is 1. The van der Waals surface area contributed by atoms with E-state index in [1.165, 1.54) is 29.4 Å². The molecule has 0 aliphatic rings. The molecule has 0 unspecified atom stereocenters. The number of ether oxygens (including phenoxy) is 1. The number of nitrogens with zero attached hydrogens (tertiary/aromatic N) is 2. The molecule has 2 aromatic rings. The monoisotopic (exact) mass is 346 g/mol. The van der Waals surface area contributed by atoms with Gasteiger partial charge in [0, 0.05) is 30.6 Å². The van der Waals surface area contributed by atoms with Crippen molar-refractivity contribution < 1.29 is 19.1 Å². The van der Waals surface area contributed by atoms with E-state index >= 15 is 0 Å². The third-order valence-electron chi connectivity index (χ3n) is 3.37. The number of hydrogen-bond donors (Lipinski definition) is 0. The van der Waals surface area contributed by atoms with Gasteiger partial charge < -0.3 is 14.8 Å². The summed E-state index contributed by atoms with van der Waals surface area (Å²) in [6.07, 6.45) is 4.40. The van der Waals surface area contributed by atoms with Crippen molar-refractivity contribution in [1.29, 1.82) is 0 Å². The molecule has 0 atom stereocenters. The van der Waals surface area contributed by atoms with Gasteiger partial charge in [-0.15, -0.1) is 11.8 Å². The quantitative estimate of drug-likeness (QED) is 0.345. The average molecular weight is 346 g/mol. The summed E-state index contributed by atoms with van der Waals surface area (Å²) in [6.45, 7) is 0.0943. The first kappa shape index (κ1) is 17.8. The van der Waals surface area contributed by atoms with Crippen molar-refractivity contribution in [3.8, 4) is 0 Å². The van der Waals surface area contributed by atoms with E-state index < -0.39 is 5.97 Å². The Morgan fingerprint density at radius 2 is 1.79 bits per heavy atom. The highest BCUT2D eigenvalue weighted by molar-refractivity contribution is 7.98. The van der Waals surface area contributed by atoms with Gasteiger partial charge in [-0.25, -0.2) is 4.79 Å². The minimum absolute atomic E-state index is 0.227. The third-order valence-corrected chi connectivity index (χ3v) is 4.11. The lowest BCUT2D eigenvalue weighted by Gasteiger charge is -2.17. The van der Waals surface area contributed by atoms with Crippen LogP contribution < -0.4 is 4.73 Å². The van der Waals surface area contributed by atoms with Gasteiger partial charge >= 0.3 is 5.97 Å². The second-order valence-electron chi connectivity index (χ2n) is 5.12. The SMILES string of the molecule is CSc1ccc(CN(C)C(=O)COC(=O)c2cc[n+]([O-])cc2)cc1. The number of thioether (sulfide) groups is 1. The lowest BCUT2D eigenvalue weighted by molar-refractivity contribution is -0.605. The lowest BCUT2D eigenvalue weighted by atomic mass is 10.2. The Morgan fingerprint density at radius 3 is 2.38 bits per heavy atom. The summed E-state index contributed by atoms with van der Waals surface area (Å²) in [5, 5.41) is 10.9. The molecule has 0 aliphatic carbocycles. The molecular formula is C17H18N2O4S. The number of esters is 1. The summed E-state index contributed by atoms with van der Waals surface area (Å²) in [4.78, 5) is 26.5. The molecule has 0 saturated heterocycles. The fourth-order valence-electron chi connectivity index (χ4n) is 1.96. The Labute approximate surface area is 144 Å². The van der Waals surface area contributed by atoms with Gasteiger partial charge in [-0.1, -0.05) is 12.1 Å². The summed E-state index contributed by atoms with van der Waals surface area (Å²) < 4.78 is 5.55. The highest BCUT2D eigenvalue weighted by atomic mass is 32.2. The number of carbonyl (C=O) groups is 2. The second-order valence-corrected chi connectivity index (χ2v) is 6.00. The van der Waals surface area contributed by atoms with Gasteiger partial charge in [0.05, 0.1) is 5.56 Å². The predicted molar refractivity (Wildman–Crippen MR) is 90.4 cm³/mol. The van der Waals surface area contributed by atoms with Crippen molar-refractivity contribution in [2.75, 3.05) is 19.9 Å². The molecule has 0 fully saturated rings. The van der Waals surface area contributed by atoms with E-state index in [-0.39, 0.29) is 18.1 Å². The van der Waals surface area contributed by atoms with Crippen molar-refractivity contribution in [2.45, 2.75) is 11.4 Å². The van der Waals surface area contributed by atoms with Crippen LogP contribution in [-0.2, 0) is 16.1 Å². The smallest absolute Gasteiger partial charge is 0.339 e. The van der Waals surface area contributed by atoms with E-state index in [0.717, 1.165) is 10.5 Å². The molecular weight excluding hydrogens is 328 g/mol. The number of rotatable bonds is 6. The van der Waals surface area contributed by atoms with Crippen LogP contribution in [0.5, 0.6) is 0 Å². The lowest BCUT2D eigenvalue weighted by Crippen LogP contribution is -2.31. The largest absolute Gasteiger partial charge is 0.619 e. The normalized spacial score (nSPS) is 10.2. The summed E-state index contributed by atoms with van der Waals surface area (Å²) >= 11 is 1.65. The molecule has 7 heteroatoms. The molecule has 1 amide bonds. The zero-order valence-corrected chi connectivity index (χ0v) is 14.3. The molecule has 2 rings (SSSR count). The van der Waals surface area contributed by atoms with E-state index in [2.05, 4.69) is 0 Å². The molecule has 1 heterocycles. The van der Waals surface area contributed by atoms with Crippen LogP contribution in [0.4, 0.5) is 0 Å². The maximum atomic E-state index is 12.1. The Balaban J connectivity index is 1.84. The summed E-state index contributed by atoms with van der Waals surface area (Å²) in [6, 6.07) is 10.6. The Morgan fingerprint density at radius 1 is 1.17 bits per heavy atom. The van der Waals surface area contributed by atoms with E-state index in [1.807, 2.05) is 30.5 Å².